The summed E-state index contributed by atoms with van der Waals surface area (Å²) in [4.78, 5) is 0. The highest BCUT2D eigenvalue weighted by atomic mass is 35.5. The van der Waals surface area contributed by atoms with Crippen LogP contribution in [0.1, 0.15) is 11.1 Å². The lowest BCUT2D eigenvalue weighted by atomic mass is 10.1. The molecule has 108 valence electrons. The van der Waals surface area contributed by atoms with Gasteiger partial charge in [0.25, 0.3) is 0 Å². The van der Waals surface area contributed by atoms with Gasteiger partial charge in [0.1, 0.15) is 17.4 Å². The maximum absolute atomic E-state index is 13.7. The second kappa shape index (κ2) is 6.63. The minimum atomic E-state index is -0.720. The average Bonchev–Trinajstić information content (AvgIpc) is 2.33. The highest BCUT2D eigenvalue weighted by Crippen LogP contribution is 2.28. The molecule has 0 spiro atoms. The average molecular weight is 304 g/mol. The van der Waals surface area contributed by atoms with Crippen LogP contribution in [0.4, 0.5) is 13.2 Å². The zero-order chi connectivity index (χ0) is 14.0. The van der Waals surface area contributed by atoms with E-state index in [2.05, 4.69) is 0 Å². The predicted molar refractivity (Wildman–Crippen MR) is 72.7 cm³/mol. The first-order valence-electron chi connectivity index (χ1n) is 5.63. The van der Waals surface area contributed by atoms with Crippen molar-refractivity contribution in [2.75, 3.05) is 0 Å². The Morgan fingerprint density at radius 2 is 1.75 bits per heavy atom. The molecule has 2 rings (SSSR count). The molecule has 20 heavy (non-hydrogen) atoms. The van der Waals surface area contributed by atoms with E-state index in [1.54, 1.807) is 6.92 Å². The number of nitrogens with two attached hydrogens (primary N) is 1. The van der Waals surface area contributed by atoms with E-state index in [0.29, 0.717) is 11.1 Å². The maximum Gasteiger partial charge on any atom is 0.165 e. The van der Waals surface area contributed by atoms with Crippen LogP contribution in [0, 0.1) is 24.4 Å². The fraction of sp³-hybridized carbons (Fsp3) is 0.143. The first kappa shape index (κ1) is 16.3. The first-order valence-corrected chi connectivity index (χ1v) is 5.63. The Labute approximate surface area is 120 Å². The summed E-state index contributed by atoms with van der Waals surface area (Å²) in [7, 11) is 0. The van der Waals surface area contributed by atoms with Crippen molar-refractivity contribution in [2.24, 2.45) is 5.73 Å². The lowest BCUT2D eigenvalue weighted by Gasteiger charge is -2.10. The van der Waals surface area contributed by atoms with E-state index in [1.165, 1.54) is 6.07 Å². The number of aryl methyl sites for hydroxylation is 1. The minimum absolute atomic E-state index is 0. The van der Waals surface area contributed by atoms with Crippen molar-refractivity contribution >= 4 is 12.4 Å². The Bertz CT molecular complexity index is 596. The highest BCUT2D eigenvalue weighted by molar-refractivity contribution is 5.85. The third kappa shape index (κ3) is 3.43. The quantitative estimate of drug-likeness (QED) is 0.927. The molecule has 2 N–H and O–H groups in total. The number of hydrogen-bond donors (Lipinski definition) is 1. The Morgan fingerprint density at radius 3 is 2.35 bits per heavy atom. The number of benzene rings is 2. The van der Waals surface area contributed by atoms with E-state index >= 15 is 0 Å². The summed E-state index contributed by atoms with van der Waals surface area (Å²) in [6, 6.07) is 5.45. The maximum atomic E-state index is 13.7. The van der Waals surface area contributed by atoms with Gasteiger partial charge >= 0.3 is 0 Å². The largest absolute Gasteiger partial charge is 0.454 e. The zero-order valence-corrected chi connectivity index (χ0v) is 11.4. The van der Waals surface area contributed by atoms with E-state index < -0.39 is 17.5 Å². The van der Waals surface area contributed by atoms with E-state index in [0.717, 1.165) is 24.3 Å². The summed E-state index contributed by atoms with van der Waals surface area (Å²) in [5, 5.41) is 0. The van der Waals surface area contributed by atoms with Crippen molar-refractivity contribution in [1.82, 2.24) is 0 Å². The molecule has 2 aromatic rings. The van der Waals surface area contributed by atoms with Gasteiger partial charge < -0.3 is 10.5 Å². The van der Waals surface area contributed by atoms with Gasteiger partial charge in [0.05, 0.1) is 0 Å². The lowest BCUT2D eigenvalue weighted by molar-refractivity contribution is 0.432. The summed E-state index contributed by atoms with van der Waals surface area (Å²) >= 11 is 0. The molecule has 0 bridgehead atoms. The van der Waals surface area contributed by atoms with Crippen LogP contribution in [-0.2, 0) is 6.54 Å². The summed E-state index contributed by atoms with van der Waals surface area (Å²) in [5.74, 6) is -2.08. The van der Waals surface area contributed by atoms with Crippen LogP contribution in [0.2, 0.25) is 0 Å². The van der Waals surface area contributed by atoms with E-state index in [1.807, 2.05) is 0 Å². The third-order valence-electron chi connectivity index (χ3n) is 2.72. The van der Waals surface area contributed by atoms with Crippen molar-refractivity contribution in [3.8, 4) is 11.5 Å². The van der Waals surface area contributed by atoms with Gasteiger partial charge in [0.2, 0.25) is 0 Å². The SMILES string of the molecule is Cc1cc(Oc2cc(F)ccc2F)cc(F)c1CN.Cl. The monoisotopic (exact) mass is 303 g/mol. The standard InChI is InChI=1S/C14H12F3NO.ClH/c1-8-4-10(6-13(17)11(8)7-18)19-14-5-9(15)2-3-12(14)16;/h2-6H,7,18H2,1H3;1H. The fourth-order valence-electron chi connectivity index (χ4n) is 1.74. The normalized spacial score (nSPS) is 10.1. The molecule has 0 aliphatic rings. The van der Waals surface area contributed by atoms with Crippen LogP contribution in [0.5, 0.6) is 11.5 Å². The molecule has 0 atom stereocenters. The number of rotatable bonds is 3. The molecule has 0 fully saturated rings. The molecule has 0 aliphatic carbocycles. The summed E-state index contributed by atoms with van der Waals surface area (Å²) in [6.07, 6.45) is 0. The molecule has 6 heteroatoms. The molecular weight excluding hydrogens is 291 g/mol. The second-order valence-corrected chi connectivity index (χ2v) is 4.08. The second-order valence-electron chi connectivity index (χ2n) is 4.08. The lowest BCUT2D eigenvalue weighted by Crippen LogP contribution is -2.03. The molecular formula is C14H13ClF3NO. The summed E-state index contributed by atoms with van der Waals surface area (Å²) < 4.78 is 45.2. The predicted octanol–water partition coefficient (Wildman–Crippen LogP) is 4.09. The molecule has 0 aliphatic heterocycles. The Balaban J connectivity index is 0.00000200. The third-order valence-corrected chi connectivity index (χ3v) is 2.72. The number of hydrogen-bond acceptors (Lipinski definition) is 2. The van der Waals surface area contributed by atoms with Crippen LogP contribution >= 0.6 is 12.4 Å². The molecule has 2 aromatic carbocycles. The van der Waals surface area contributed by atoms with Gasteiger partial charge in [-0.15, -0.1) is 12.4 Å². The number of halogens is 4. The fourth-order valence-corrected chi connectivity index (χ4v) is 1.74. The first-order chi connectivity index (χ1) is 9.01. The Hall–Kier alpha value is -1.72. The van der Waals surface area contributed by atoms with Gasteiger partial charge in [-0.2, -0.15) is 0 Å². The van der Waals surface area contributed by atoms with Crippen LogP contribution in [-0.4, -0.2) is 0 Å². The molecule has 0 heterocycles. The number of ether oxygens (including phenoxy) is 1. The smallest absolute Gasteiger partial charge is 0.165 e. The highest BCUT2D eigenvalue weighted by Gasteiger charge is 2.11. The Morgan fingerprint density at radius 1 is 1.05 bits per heavy atom. The van der Waals surface area contributed by atoms with Crippen molar-refractivity contribution in [3.05, 3.63) is 58.9 Å². The van der Waals surface area contributed by atoms with E-state index in [9.17, 15) is 13.2 Å². The molecule has 2 nitrogen and oxygen atoms in total. The van der Waals surface area contributed by atoms with Crippen molar-refractivity contribution in [3.63, 3.8) is 0 Å². The minimum Gasteiger partial charge on any atom is -0.454 e. The van der Waals surface area contributed by atoms with Crippen LogP contribution < -0.4 is 10.5 Å². The molecule has 0 unspecified atom stereocenters. The molecule has 0 saturated carbocycles. The van der Waals surface area contributed by atoms with Crippen LogP contribution in [0.3, 0.4) is 0 Å². The molecule has 0 amide bonds. The van der Waals surface area contributed by atoms with Crippen LogP contribution in [0.15, 0.2) is 30.3 Å². The van der Waals surface area contributed by atoms with Gasteiger partial charge in [0, 0.05) is 24.2 Å². The van der Waals surface area contributed by atoms with Crippen LogP contribution in [0.25, 0.3) is 0 Å². The van der Waals surface area contributed by atoms with Crippen molar-refractivity contribution in [2.45, 2.75) is 13.5 Å². The van der Waals surface area contributed by atoms with E-state index in [4.69, 9.17) is 10.5 Å². The van der Waals surface area contributed by atoms with Gasteiger partial charge in [-0.3, -0.25) is 0 Å². The zero-order valence-electron chi connectivity index (χ0n) is 10.6. The van der Waals surface area contributed by atoms with Crippen molar-refractivity contribution < 1.29 is 17.9 Å². The topological polar surface area (TPSA) is 35.2 Å². The van der Waals surface area contributed by atoms with E-state index in [-0.39, 0.29) is 30.5 Å². The van der Waals surface area contributed by atoms with Crippen molar-refractivity contribution in [1.29, 1.82) is 0 Å². The molecule has 0 saturated heterocycles. The van der Waals surface area contributed by atoms with Gasteiger partial charge in [-0.1, -0.05) is 0 Å². The summed E-state index contributed by atoms with van der Waals surface area (Å²) in [6.45, 7) is 1.73. The van der Waals surface area contributed by atoms with Gasteiger partial charge in [-0.25, -0.2) is 13.2 Å². The molecule has 0 radical (unpaired) electrons. The summed E-state index contributed by atoms with van der Waals surface area (Å²) in [5.41, 5.74) is 6.37. The Kier molecular flexibility index (Phi) is 5.42. The van der Waals surface area contributed by atoms with Gasteiger partial charge in [0.15, 0.2) is 11.6 Å². The molecule has 0 aromatic heterocycles. The van der Waals surface area contributed by atoms with Gasteiger partial charge in [-0.05, 0) is 30.7 Å².